The van der Waals surface area contributed by atoms with E-state index in [1.165, 1.54) is 12.1 Å². The molecular formula is C17H18BrF3N6. The van der Waals surface area contributed by atoms with Crippen molar-refractivity contribution in [2.24, 2.45) is 5.84 Å². The van der Waals surface area contributed by atoms with E-state index in [1.807, 2.05) is 0 Å². The van der Waals surface area contributed by atoms with Crippen molar-refractivity contribution in [2.45, 2.75) is 32.5 Å². The second-order valence-corrected chi connectivity index (χ2v) is 6.99. The Balaban J connectivity index is 1.97. The zero-order valence-electron chi connectivity index (χ0n) is 14.5. The van der Waals surface area contributed by atoms with Crippen molar-refractivity contribution >= 4 is 33.6 Å². The van der Waals surface area contributed by atoms with E-state index in [0.29, 0.717) is 23.0 Å². The van der Waals surface area contributed by atoms with E-state index in [0.717, 1.165) is 10.5 Å². The van der Waals surface area contributed by atoms with Gasteiger partial charge < -0.3 is 10.6 Å². The first-order chi connectivity index (χ1) is 12.8. The number of hydrogen-bond donors (Lipinski definition) is 4. The van der Waals surface area contributed by atoms with Crippen LogP contribution in [0, 0.1) is 12.7 Å². The Bertz CT molecular complexity index is 889. The summed E-state index contributed by atoms with van der Waals surface area (Å²) in [5.74, 6) is 6.05. The van der Waals surface area contributed by atoms with Crippen LogP contribution in [0.1, 0.15) is 41.9 Å². The van der Waals surface area contributed by atoms with Crippen LogP contribution in [0.25, 0.3) is 6.08 Å². The number of hydrazine groups is 1. The highest BCUT2D eigenvalue weighted by molar-refractivity contribution is 9.11. The lowest BCUT2D eigenvalue weighted by atomic mass is 10.0. The molecule has 0 fully saturated rings. The Hall–Kier alpha value is -2.17. The monoisotopic (exact) mass is 442 g/mol. The number of rotatable bonds is 5. The van der Waals surface area contributed by atoms with Crippen molar-refractivity contribution in [1.82, 2.24) is 15.4 Å². The zero-order valence-corrected chi connectivity index (χ0v) is 16.1. The van der Waals surface area contributed by atoms with E-state index in [2.05, 4.69) is 42.0 Å². The van der Waals surface area contributed by atoms with Crippen LogP contribution in [0.5, 0.6) is 0 Å². The molecule has 1 unspecified atom stereocenters. The van der Waals surface area contributed by atoms with Gasteiger partial charge in [0.1, 0.15) is 29.4 Å². The Labute approximate surface area is 162 Å². The van der Waals surface area contributed by atoms with Gasteiger partial charge in [0.2, 0.25) is 0 Å². The number of nitrogens with one attached hydrogen (secondary N) is 3. The predicted octanol–water partition coefficient (Wildman–Crippen LogP) is 3.99. The Kier molecular flexibility index (Phi) is 5.68. The van der Waals surface area contributed by atoms with Crippen LogP contribution >= 0.6 is 15.9 Å². The van der Waals surface area contributed by atoms with E-state index in [4.69, 9.17) is 5.84 Å². The van der Waals surface area contributed by atoms with Gasteiger partial charge in [-0.15, -0.1) is 0 Å². The smallest absolute Gasteiger partial charge is 0.266 e. The van der Waals surface area contributed by atoms with Crippen LogP contribution in [0.3, 0.4) is 0 Å². The molecule has 1 aliphatic rings. The fourth-order valence-electron chi connectivity index (χ4n) is 2.84. The molecule has 0 aliphatic carbocycles. The van der Waals surface area contributed by atoms with Crippen molar-refractivity contribution in [1.29, 1.82) is 0 Å². The van der Waals surface area contributed by atoms with Gasteiger partial charge in [-0.1, -0.05) is 34.1 Å². The molecule has 2 atom stereocenters. The molecule has 1 aromatic carbocycles. The third-order valence-electron chi connectivity index (χ3n) is 4.18. The summed E-state index contributed by atoms with van der Waals surface area (Å²) in [4.78, 5) is 8.72. The van der Waals surface area contributed by atoms with Gasteiger partial charge in [-0.3, -0.25) is 5.84 Å². The van der Waals surface area contributed by atoms with Crippen molar-refractivity contribution in [2.75, 3.05) is 10.6 Å². The van der Waals surface area contributed by atoms with Crippen molar-refractivity contribution in [3.05, 3.63) is 51.0 Å². The van der Waals surface area contributed by atoms with Crippen LogP contribution in [0.2, 0.25) is 0 Å². The summed E-state index contributed by atoms with van der Waals surface area (Å²) in [7, 11) is 0. The quantitative estimate of drug-likeness (QED) is 0.413. The molecule has 10 heteroatoms. The number of aryl methyl sites for hydroxylation is 1. The summed E-state index contributed by atoms with van der Waals surface area (Å²) < 4.78 is 41.1. The Morgan fingerprint density at radius 2 is 1.96 bits per heavy atom. The van der Waals surface area contributed by atoms with Gasteiger partial charge in [-0.05, 0) is 19.9 Å². The third-order valence-corrected chi connectivity index (χ3v) is 4.86. The zero-order chi connectivity index (χ0) is 19.7. The fraction of sp³-hybridized carbons (Fsp3) is 0.294. The number of fused-ring (bicyclic) bond motifs is 1. The normalized spacial score (nSPS) is 17.2. The first-order valence-electron chi connectivity index (χ1n) is 8.13. The van der Waals surface area contributed by atoms with E-state index in [9.17, 15) is 13.2 Å². The average Bonchev–Trinajstić information content (AvgIpc) is 2.61. The molecule has 1 aliphatic heterocycles. The van der Waals surface area contributed by atoms with E-state index >= 15 is 0 Å². The molecular weight excluding hydrogens is 425 g/mol. The Morgan fingerprint density at radius 3 is 2.63 bits per heavy atom. The minimum atomic E-state index is -2.88. The lowest BCUT2D eigenvalue weighted by molar-refractivity contribution is 0.146. The number of nitrogens with two attached hydrogens (primary N) is 1. The van der Waals surface area contributed by atoms with E-state index < -0.39 is 23.8 Å². The van der Waals surface area contributed by atoms with Gasteiger partial charge in [0.05, 0.1) is 17.2 Å². The maximum absolute atomic E-state index is 14.4. The SMILES string of the molecule is Cc1nc2c(c(N[C@H](C)c3cccc(C(F)F)c3F)n1)C=C(Br)C(NN)N2. The first-order valence-corrected chi connectivity index (χ1v) is 8.92. The Morgan fingerprint density at radius 1 is 1.26 bits per heavy atom. The standard InChI is InChI=1S/C17H18BrF3N6/c1-7(9-4-3-5-10(13(9)19)14(20)21)23-15-11-6-12(18)17(27-22)26-16(11)25-8(2)24-15/h3-7,14,17,27H,22H2,1-2H3,(H2,23,24,25,26)/t7-,17?/m1/s1. The fourth-order valence-corrected chi connectivity index (χ4v) is 3.32. The first kappa shape index (κ1) is 19.6. The van der Waals surface area contributed by atoms with Crippen LogP contribution in [-0.4, -0.2) is 16.1 Å². The van der Waals surface area contributed by atoms with Crippen molar-refractivity contribution in [3.63, 3.8) is 0 Å². The second-order valence-electron chi connectivity index (χ2n) is 6.07. The number of anilines is 2. The lowest BCUT2D eigenvalue weighted by Gasteiger charge is -2.26. The number of aromatic nitrogens is 2. The van der Waals surface area contributed by atoms with Crippen molar-refractivity contribution in [3.8, 4) is 0 Å². The summed E-state index contributed by atoms with van der Waals surface area (Å²) in [5, 5.41) is 6.20. The van der Waals surface area contributed by atoms with Gasteiger partial charge in [0, 0.05) is 10.0 Å². The molecule has 2 aromatic rings. The topological polar surface area (TPSA) is 87.9 Å². The summed E-state index contributed by atoms with van der Waals surface area (Å²) >= 11 is 3.42. The maximum atomic E-state index is 14.4. The number of benzene rings is 1. The average molecular weight is 443 g/mol. The van der Waals surface area contributed by atoms with Gasteiger partial charge in [0.25, 0.3) is 6.43 Å². The molecule has 0 amide bonds. The van der Waals surface area contributed by atoms with Gasteiger partial charge in [-0.25, -0.2) is 28.6 Å². The largest absolute Gasteiger partial charge is 0.363 e. The molecule has 0 saturated carbocycles. The van der Waals surface area contributed by atoms with Gasteiger partial charge in [-0.2, -0.15) is 0 Å². The summed E-state index contributed by atoms with van der Waals surface area (Å²) in [6.45, 7) is 3.39. The summed E-state index contributed by atoms with van der Waals surface area (Å²) in [5.41, 5.74) is 2.75. The van der Waals surface area contributed by atoms with Crippen LogP contribution in [0.15, 0.2) is 22.7 Å². The van der Waals surface area contributed by atoms with Crippen LogP contribution < -0.4 is 21.9 Å². The molecule has 0 spiro atoms. The molecule has 2 heterocycles. The van der Waals surface area contributed by atoms with Crippen LogP contribution in [-0.2, 0) is 0 Å². The molecule has 1 aromatic heterocycles. The molecule has 0 saturated heterocycles. The van der Waals surface area contributed by atoms with Gasteiger partial charge in [0.15, 0.2) is 0 Å². The molecule has 6 nitrogen and oxygen atoms in total. The molecule has 27 heavy (non-hydrogen) atoms. The van der Waals surface area contributed by atoms with Crippen molar-refractivity contribution < 1.29 is 13.2 Å². The molecule has 0 radical (unpaired) electrons. The minimum absolute atomic E-state index is 0.131. The molecule has 144 valence electrons. The van der Waals surface area contributed by atoms with E-state index in [-0.39, 0.29) is 11.7 Å². The van der Waals surface area contributed by atoms with Crippen LogP contribution in [0.4, 0.5) is 24.8 Å². The molecule has 5 N–H and O–H groups in total. The predicted molar refractivity (Wildman–Crippen MR) is 102 cm³/mol. The van der Waals surface area contributed by atoms with E-state index in [1.54, 1.807) is 19.9 Å². The second kappa shape index (κ2) is 7.83. The highest BCUT2D eigenvalue weighted by Gasteiger charge is 2.24. The minimum Gasteiger partial charge on any atom is -0.363 e. The maximum Gasteiger partial charge on any atom is 0.266 e. The summed E-state index contributed by atoms with van der Waals surface area (Å²) in [6, 6.07) is 3.36. The summed E-state index contributed by atoms with van der Waals surface area (Å²) in [6.07, 6.45) is -1.44. The number of halogens is 4. The highest BCUT2D eigenvalue weighted by atomic mass is 79.9. The molecule has 3 rings (SSSR count). The molecule has 0 bridgehead atoms. The highest BCUT2D eigenvalue weighted by Crippen LogP contribution is 2.34. The third kappa shape index (κ3) is 3.92. The lowest BCUT2D eigenvalue weighted by Crippen LogP contribution is -2.43. The van der Waals surface area contributed by atoms with Gasteiger partial charge >= 0.3 is 0 Å². The number of nitrogens with zero attached hydrogens (tertiary/aromatic N) is 2. The number of hydrogen-bond acceptors (Lipinski definition) is 6. The number of alkyl halides is 2.